The lowest BCUT2D eigenvalue weighted by Crippen LogP contribution is -2.07. The van der Waals surface area contributed by atoms with E-state index in [2.05, 4.69) is 39.5 Å². The maximum absolute atomic E-state index is 5.45. The first-order valence-corrected chi connectivity index (χ1v) is 7.07. The standard InChI is InChI=1S/C14H17N5S/c1-4-10-12-13(18(3)17-10)19(14(20)16-12)8-11-9(2)6-5-7-15-11/h5-7H,4,8H2,1-3H3,(H,16,20). The average Bonchev–Trinajstić information content (AvgIpc) is 2.91. The Bertz CT molecular complexity index is 824. The van der Waals surface area contributed by atoms with E-state index in [0.29, 0.717) is 11.3 Å². The van der Waals surface area contributed by atoms with E-state index in [1.807, 2.05) is 24.0 Å². The van der Waals surface area contributed by atoms with E-state index >= 15 is 0 Å². The van der Waals surface area contributed by atoms with Crippen molar-refractivity contribution >= 4 is 23.4 Å². The number of H-pyrrole nitrogens is 1. The van der Waals surface area contributed by atoms with Gasteiger partial charge in [-0.05, 0) is 37.2 Å². The summed E-state index contributed by atoms with van der Waals surface area (Å²) in [7, 11) is 1.95. The molecule has 1 N–H and O–H groups in total. The molecule has 0 saturated carbocycles. The Labute approximate surface area is 122 Å². The molecule has 0 aliphatic rings. The Morgan fingerprint density at radius 3 is 2.85 bits per heavy atom. The van der Waals surface area contributed by atoms with Crippen LogP contribution in [0.5, 0.6) is 0 Å². The maximum atomic E-state index is 5.45. The zero-order valence-corrected chi connectivity index (χ0v) is 12.7. The zero-order chi connectivity index (χ0) is 14.3. The topological polar surface area (TPSA) is 51.4 Å². The molecule has 0 amide bonds. The second-order valence-electron chi connectivity index (χ2n) is 4.91. The van der Waals surface area contributed by atoms with Crippen molar-refractivity contribution in [1.29, 1.82) is 0 Å². The molecule has 0 saturated heterocycles. The molecule has 3 aromatic rings. The van der Waals surface area contributed by atoms with Gasteiger partial charge in [0.05, 0.1) is 17.9 Å². The molecule has 0 spiro atoms. The second-order valence-corrected chi connectivity index (χ2v) is 5.29. The van der Waals surface area contributed by atoms with Crippen LogP contribution in [0.25, 0.3) is 11.2 Å². The lowest BCUT2D eigenvalue weighted by molar-refractivity contribution is 0.700. The minimum Gasteiger partial charge on any atom is -0.328 e. The number of hydrogen-bond donors (Lipinski definition) is 1. The molecular formula is C14H17N5S. The van der Waals surface area contributed by atoms with Gasteiger partial charge in [-0.2, -0.15) is 5.10 Å². The van der Waals surface area contributed by atoms with Crippen molar-refractivity contribution in [3.05, 3.63) is 40.1 Å². The van der Waals surface area contributed by atoms with Crippen LogP contribution in [0.15, 0.2) is 18.3 Å². The van der Waals surface area contributed by atoms with E-state index in [1.165, 1.54) is 5.56 Å². The minimum absolute atomic E-state index is 0.661. The van der Waals surface area contributed by atoms with E-state index in [1.54, 1.807) is 0 Å². The van der Waals surface area contributed by atoms with Crippen LogP contribution in [-0.2, 0) is 20.0 Å². The second kappa shape index (κ2) is 4.86. The van der Waals surface area contributed by atoms with Gasteiger partial charge in [0.25, 0.3) is 0 Å². The van der Waals surface area contributed by atoms with Crippen molar-refractivity contribution in [1.82, 2.24) is 24.3 Å². The van der Waals surface area contributed by atoms with Crippen molar-refractivity contribution in [3.8, 4) is 0 Å². The molecular weight excluding hydrogens is 270 g/mol. The zero-order valence-electron chi connectivity index (χ0n) is 11.8. The third-order valence-corrected chi connectivity index (χ3v) is 3.91. The van der Waals surface area contributed by atoms with Crippen LogP contribution >= 0.6 is 12.2 Å². The molecule has 20 heavy (non-hydrogen) atoms. The number of imidazole rings is 1. The van der Waals surface area contributed by atoms with Gasteiger partial charge in [-0.25, -0.2) is 0 Å². The van der Waals surface area contributed by atoms with Gasteiger partial charge in [-0.1, -0.05) is 13.0 Å². The fraction of sp³-hybridized carbons (Fsp3) is 0.357. The van der Waals surface area contributed by atoms with Crippen molar-refractivity contribution < 1.29 is 0 Å². The van der Waals surface area contributed by atoms with Gasteiger partial charge in [-0.15, -0.1) is 0 Å². The number of nitrogens with one attached hydrogen (secondary N) is 1. The summed E-state index contributed by atoms with van der Waals surface area (Å²) in [6, 6.07) is 4.01. The quantitative estimate of drug-likeness (QED) is 0.754. The lowest BCUT2D eigenvalue weighted by atomic mass is 10.2. The van der Waals surface area contributed by atoms with Crippen molar-refractivity contribution in [3.63, 3.8) is 0 Å². The smallest absolute Gasteiger partial charge is 0.179 e. The number of nitrogens with zero attached hydrogens (tertiary/aromatic N) is 4. The number of fused-ring (bicyclic) bond motifs is 1. The molecule has 3 rings (SSSR count). The van der Waals surface area contributed by atoms with Crippen LogP contribution in [0.1, 0.15) is 23.9 Å². The Kier molecular flexibility index (Phi) is 3.17. The van der Waals surface area contributed by atoms with Crippen LogP contribution < -0.4 is 0 Å². The summed E-state index contributed by atoms with van der Waals surface area (Å²) >= 11 is 5.45. The Hall–Kier alpha value is -1.95. The molecule has 0 atom stereocenters. The van der Waals surface area contributed by atoms with Gasteiger partial charge in [0.1, 0.15) is 5.52 Å². The highest BCUT2D eigenvalue weighted by Crippen LogP contribution is 2.19. The molecule has 0 aliphatic carbocycles. The Morgan fingerprint density at radius 1 is 1.35 bits per heavy atom. The molecule has 0 fully saturated rings. The van der Waals surface area contributed by atoms with E-state index < -0.39 is 0 Å². The van der Waals surface area contributed by atoms with Gasteiger partial charge in [0, 0.05) is 13.2 Å². The predicted molar refractivity (Wildman–Crippen MR) is 81.3 cm³/mol. The summed E-state index contributed by atoms with van der Waals surface area (Å²) in [5.41, 5.74) is 5.31. The molecule has 3 aromatic heterocycles. The molecule has 0 aromatic carbocycles. The fourth-order valence-corrected chi connectivity index (χ4v) is 2.76. The average molecular weight is 287 g/mol. The summed E-state index contributed by atoms with van der Waals surface area (Å²) in [5.74, 6) is 0. The third-order valence-electron chi connectivity index (χ3n) is 3.58. The number of pyridine rings is 1. The third kappa shape index (κ3) is 1.96. The minimum atomic E-state index is 0.661. The van der Waals surface area contributed by atoms with E-state index in [4.69, 9.17) is 12.2 Å². The largest absolute Gasteiger partial charge is 0.328 e. The molecule has 0 bridgehead atoms. The number of rotatable bonds is 3. The summed E-state index contributed by atoms with van der Waals surface area (Å²) in [6.45, 7) is 4.82. The lowest BCUT2D eigenvalue weighted by Gasteiger charge is -2.06. The number of aryl methyl sites for hydroxylation is 3. The van der Waals surface area contributed by atoms with Crippen molar-refractivity contribution in [2.24, 2.45) is 7.05 Å². The first kappa shape index (κ1) is 13.1. The van der Waals surface area contributed by atoms with Gasteiger partial charge >= 0.3 is 0 Å². The Balaban J connectivity index is 2.17. The number of hydrogen-bond acceptors (Lipinski definition) is 3. The number of aromatic amines is 1. The summed E-state index contributed by atoms with van der Waals surface area (Å²) < 4.78 is 4.66. The van der Waals surface area contributed by atoms with Crippen molar-refractivity contribution in [2.75, 3.05) is 0 Å². The monoisotopic (exact) mass is 287 g/mol. The highest BCUT2D eigenvalue weighted by molar-refractivity contribution is 7.71. The molecule has 104 valence electrons. The Morgan fingerprint density at radius 2 is 2.15 bits per heavy atom. The highest BCUT2D eigenvalue weighted by atomic mass is 32.1. The first-order chi connectivity index (χ1) is 9.61. The molecule has 6 heteroatoms. The van der Waals surface area contributed by atoms with Crippen LogP contribution in [-0.4, -0.2) is 24.3 Å². The predicted octanol–water partition coefficient (Wildman–Crippen LogP) is 2.75. The van der Waals surface area contributed by atoms with Crippen LogP contribution in [0.2, 0.25) is 0 Å². The van der Waals surface area contributed by atoms with Gasteiger partial charge in [-0.3, -0.25) is 14.2 Å². The maximum Gasteiger partial charge on any atom is 0.179 e. The van der Waals surface area contributed by atoms with E-state index in [0.717, 1.165) is 29.0 Å². The molecule has 5 nitrogen and oxygen atoms in total. The van der Waals surface area contributed by atoms with E-state index in [9.17, 15) is 0 Å². The molecule has 0 radical (unpaired) electrons. The van der Waals surface area contributed by atoms with Crippen LogP contribution in [0, 0.1) is 11.7 Å². The summed E-state index contributed by atoms with van der Waals surface area (Å²) in [5, 5.41) is 4.53. The highest BCUT2D eigenvalue weighted by Gasteiger charge is 2.15. The first-order valence-electron chi connectivity index (χ1n) is 6.66. The summed E-state index contributed by atoms with van der Waals surface area (Å²) in [6.07, 6.45) is 2.70. The van der Waals surface area contributed by atoms with Crippen LogP contribution in [0.4, 0.5) is 0 Å². The summed E-state index contributed by atoms with van der Waals surface area (Å²) in [4.78, 5) is 7.72. The van der Waals surface area contributed by atoms with Crippen molar-refractivity contribution in [2.45, 2.75) is 26.8 Å². The molecule has 0 aliphatic heterocycles. The van der Waals surface area contributed by atoms with Gasteiger partial charge < -0.3 is 4.98 Å². The molecule has 3 heterocycles. The molecule has 0 unspecified atom stereocenters. The van der Waals surface area contributed by atoms with Gasteiger partial charge in [0.2, 0.25) is 0 Å². The normalized spacial score (nSPS) is 11.3. The number of aromatic nitrogens is 5. The van der Waals surface area contributed by atoms with Gasteiger partial charge in [0.15, 0.2) is 10.4 Å². The van der Waals surface area contributed by atoms with E-state index in [-0.39, 0.29) is 0 Å². The van der Waals surface area contributed by atoms with Crippen LogP contribution in [0.3, 0.4) is 0 Å². The fourth-order valence-electron chi connectivity index (χ4n) is 2.51. The SMILES string of the molecule is CCc1nn(C)c2c1[nH]c(=S)n2Cc1ncccc1C.